The van der Waals surface area contributed by atoms with E-state index in [-0.39, 0.29) is 6.54 Å². The Bertz CT molecular complexity index is 240. The number of alkyl halides is 3. The Morgan fingerprint density at radius 3 is 2.27 bits per heavy atom. The molecular formula is C8H12F3NO3. The van der Waals surface area contributed by atoms with E-state index in [4.69, 9.17) is 5.11 Å². The molecule has 7 heteroatoms. The van der Waals surface area contributed by atoms with Crippen LogP contribution in [0.1, 0.15) is 19.8 Å². The fraction of sp³-hybridized carbons (Fsp3) is 0.750. The van der Waals surface area contributed by atoms with Crippen molar-refractivity contribution < 1.29 is 27.9 Å². The number of rotatable bonds is 5. The number of carbonyl (C=O) groups is 2. The highest BCUT2D eigenvalue weighted by molar-refractivity contribution is 5.72. The first kappa shape index (κ1) is 13.7. The molecule has 0 rings (SSSR count). The van der Waals surface area contributed by atoms with Crippen molar-refractivity contribution in [3.8, 4) is 0 Å². The third kappa shape index (κ3) is 6.75. The first-order chi connectivity index (χ1) is 6.73. The van der Waals surface area contributed by atoms with Crippen LogP contribution < -0.4 is 5.32 Å². The van der Waals surface area contributed by atoms with Gasteiger partial charge in [0, 0.05) is 13.5 Å². The van der Waals surface area contributed by atoms with Gasteiger partial charge in [0.1, 0.15) is 0 Å². The maximum Gasteiger partial charge on any atom is 0.392 e. The predicted molar refractivity (Wildman–Crippen MR) is 45.1 cm³/mol. The van der Waals surface area contributed by atoms with E-state index >= 15 is 0 Å². The Hall–Kier alpha value is -1.27. The monoisotopic (exact) mass is 227 g/mol. The van der Waals surface area contributed by atoms with E-state index in [9.17, 15) is 22.8 Å². The molecule has 0 saturated heterocycles. The SMILES string of the molecule is CC(=O)NCCC(CC(=O)O)C(F)(F)F. The maximum atomic E-state index is 12.2. The molecule has 0 aliphatic rings. The average Bonchev–Trinajstić information content (AvgIpc) is 1.99. The molecule has 0 bridgehead atoms. The van der Waals surface area contributed by atoms with Crippen molar-refractivity contribution in [2.24, 2.45) is 5.92 Å². The average molecular weight is 227 g/mol. The van der Waals surface area contributed by atoms with E-state index in [2.05, 4.69) is 5.32 Å². The van der Waals surface area contributed by atoms with Gasteiger partial charge in [-0.3, -0.25) is 9.59 Å². The molecule has 0 heterocycles. The minimum absolute atomic E-state index is 0.174. The van der Waals surface area contributed by atoms with E-state index in [1.165, 1.54) is 6.92 Å². The molecule has 0 spiro atoms. The van der Waals surface area contributed by atoms with Gasteiger partial charge in [0.2, 0.25) is 5.91 Å². The molecule has 0 radical (unpaired) electrons. The van der Waals surface area contributed by atoms with Crippen LogP contribution in [0.5, 0.6) is 0 Å². The van der Waals surface area contributed by atoms with Crippen LogP contribution in [-0.2, 0) is 9.59 Å². The van der Waals surface area contributed by atoms with Crippen LogP contribution in [0.2, 0.25) is 0 Å². The van der Waals surface area contributed by atoms with Crippen molar-refractivity contribution in [1.82, 2.24) is 5.32 Å². The van der Waals surface area contributed by atoms with Gasteiger partial charge in [0.25, 0.3) is 0 Å². The van der Waals surface area contributed by atoms with Crippen LogP contribution in [0.4, 0.5) is 13.2 Å². The van der Waals surface area contributed by atoms with Gasteiger partial charge in [-0.05, 0) is 6.42 Å². The fourth-order valence-electron chi connectivity index (χ4n) is 1.01. The van der Waals surface area contributed by atoms with Crippen LogP contribution in [0.15, 0.2) is 0 Å². The van der Waals surface area contributed by atoms with Gasteiger partial charge >= 0.3 is 12.1 Å². The van der Waals surface area contributed by atoms with Gasteiger partial charge in [-0.2, -0.15) is 13.2 Å². The highest BCUT2D eigenvalue weighted by atomic mass is 19.4. The van der Waals surface area contributed by atoms with Crippen molar-refractivity contribution in [2.45, 2.75) is 25.9 Å². The minimum atomic E-state index is -4.54. The molecule has 1 amide bonds. The fourth-order valence-corrected chi connectivity index (χ4v) is 1.01. The van der Waals surface area contributed by atoms with Gasteiger partial charge in [-0.15, -0.1) is 0 Å². The number of carboxylic acid groups (broad SMARTS) is 1. The number of carbonyl (C=O) groups excluding carboxylic acids is 1. The molecule has 2 N–H and O–H groups in total. The predicted octanol–water partition coefficient (Wildman–Crippen LogP) is 1.17. The lowest BCUT2D eigenvalue weighted by Gasteiger charge is -2.18. The van der Waals surface area contributed by atoms with Gasteiger partial charge in [-0.1, -0.05) is 0 Å². The molecule has 1 atom stereocenters. The maximum absolute atomic E-state index is 12.2. The molecule has 0 aromatic rings. The number of carboxylic acids is 1. The van der Waals surface area contributed by atoms with E-state index in [1.807, 2.05) is 0 Å². The highest BCUT2D eigenvalue weighted by Crippen LogP contribution is 2.31. The second kappa shape index (κ2) is 5.57. The minimum Gasteiger partial charge on any atom is -0.481 e. The summed E-state index contributed by atoms with van der Waals surface area (Å²) in [7, 11) is 0. The Morgan fingerprint density at radius 2 is 1.93 bits per heavy atom. The highest BCUT2D eigenvalue weighted by Gasteiger charge is 2.40. The third-order valence-corrected chi connectivity index (χ3v) is 1.75. The molecule has 0 aliphatic carbocycles. The van der Waals surface area contributed by atoms with E-state index in [0.717, 1.165) is 0 Å². The molecule has 0 aromatic heterocycles. The van der Waals surface area contributed by atoms with E-state index in [1.54, 1.807) is 0 Å². The summed E-state index contributed by atoms with van der Waals surface area (Å²) in [4.78, 5) is 20.6. The Balaban J connectivity index is 4.14. The molecule has 0 aromatic carbocycles. The summed E-state index contributed by atoms with van der Waals surface area (Å²) in [6.45, 7) is 1.01. The van der Waals surface area contributed by atoms with Gasteiger partial charge in [0.15, 0.2) is 0 Å². The van der Waals surface area contributed by atoms with Gasteiger partial charge < -0.3 is 10.4 Å². The van der Waals surface area contributed by atoms with Crippen LogP contribution in [0.3, 0.4) is 0 Å². The summed E-state index contributed by atoms with van der Waals surface area (Å²) in [5.74, 6) is -3.85. The lowest BCUT2D eigenvalue weighted by Crippen LogP contribution is -2.30. The summed E-state index contributed by atoms with van der Waals surface area (Å²) in [5.41, 5.74) is 0. The summed E-state index contributed by atoms with van der Waals surface area (Å²) < 4.78 is 36.7. The van der Waals surface area contributed by atoms with Crippen molar-refractivity contribution >= 4 is 11.9 Å². The van der Waals surface area contributed by atoms with Gasteiger partial charge in [-0.25, -0.2) is 0 Å². The lowest BCUT2D eigenvalue weighted by atomic mass is 10.0. The quantitative estimate of drug-likeness (QED) is 0.740. The molecule has 4 nitrogen and oxygen atoms in total. The zero-order valence-corrected chi connectivity index (χ0v) is 8.10. The number of amides is 1. The molecule has 88 valence electrons. The molecule has 1 unspecified atom stereocenters. The lowest BCUT2D eigenvalue weighted by molar-refractivity contribution is -0.184. The van der Waals surface area contributed by atoms with Crippen molar-refractivity contribution in [2.75, 3.05) is 6.54 Å². The summed E-state index contributed by atoms with van der Waals surface area (Å²) in [5, 5.41) is 10.5. The molecule has 0 aliphatic heterocycles. The first-order valence-electron chi connectivity index (χ1n) is 4.26. The van der Waals surface area contributed by atoms with Crippen molar-refractivity contribution in [3.05, 3.63) is 0 Å². The molecule has 0 saturated carbocycles. The summed E-state index contributed by atoms with van der Waals surface area (Å²) >= 11 is 0. The van der Waals surface area contributed by atoms with E-state index < -0.39 is 36.8 Å². The largest absolute Gasteiger partial charge is 0.481 e. The zero-order chi connectivity index (χ0) is 12.1. The first-order valence-corrected chi connectivity index (χ1v) is 4.26. The number of hydrogen-bond acceptors (Lipinski definition) is 2. The number of halogens is 3. The third-order valence-electron chi connectivity index (χ3n) is 1.75. The molecule has 0 fully saturated rings. The number of aliphatic carboxylic acids is 1. The van der Waals surface area contributed by atoms with Crippen LogP contribution in [0.25, 0.3) is 0 Å². The Labute approximate surface area is 84.5 Å². The summed E-state index contributed by atoms with van der Waals surface area (Å²) in [6, 6.07) is 0. The number of hydrogen-bond donors (Lipinski definition) is 2. The molecule has 15 heavy (non-hydrogen) atoms. The van der Waals surface area contributed by atoms with E-state index in [0.29, 0.717) is 0 Å². The Morgan fingerprint density at radius 1 is 1.40 bits per heavy atom. The van der Waals surface area contributed by atoms with Gasteiger partial charge in [0.05, 0.1) is 12.3 Å². The number of nitrogens with one attached hydrogen (secondary N) is 1. The zero-order valence-electron chi connectivity index (χ0n) is 8.10. The molecular weight excluding hydrogens is 215 g/mol. The standard InChI is InChI=1S/C8H12F3NO3/c1-5(13)12-3-2-6(4-7(14)15)8(9,10)11/h6H,2-4H2,1H3,(H,12,13)(H,14,15). The van der Waals surface area contributed by atoms with Crippen LogP contribution in [-0.4, -0.2) is 29.7 Å². The smallest absolute Gasteiger partial charge is 0.392 e. The van der Waals surface area contributed by atoms with Crippen LogP contribution >= 0.6 is 0 Å². The van der Waals surface area contributed by atoms with Crippen molar-refractivity contribution in [1.29, 1.82) is 0 Å². The Kier molecular flexibility index (Phi) is 5.10. The van der Waals surface area contributed by atoms with Crippen LogP contribution in [0, 0.1) is 5.92 Å². The summed E-state index contributed by atoms with van der Waals surface area (Å²) in [6.07, 6.45) is -5.94. The second-order valence-electron chi connectivity index (χ2n) is 3.11. The normalized spacial score (nSPS) is 13.3. The second-order valence-corrected chi connectivity index (χ2v) is 3.11. The topological polar surface area (TPSA) is 66.4 Å². The van der Waals surface area contributed by atoms with Crippen molar-refractivity contribution in [3.63, 3.8) is 0 Å².